The van der Waals surface area contributed by atoms with Crippen molar-refractivity contribution in [3.05, 3.63) is 28.2 Å². The van der Waals surface area contributed by atoms with E-state index in [0.29, 0.717) is 11.6 Å². The largest absolute Gasteiger partial charge is 0.371 e. The van der Waals surface area contributed by atoms with Crippen LogP contribution in [0.15, 0.2) is 22.7 Å². The van der Waals surface area contributed by atoms with E-state index in [1.807, 2.05) is 18.2 Å². The average molecular weight is 322 g/mol. The van der Waals surface area contributed by atoms with Crippen LogP contribution in [0.2, 0.25) is 0 Å². The first kappa shape index (κ1) is 14.4. The summed E-state index contributed by atoms with van der Waals surface area (Å²) in [7, 11) is 2.15. The Kier molecular flexibility index (Phi) is 4.84. The zero-order valence-electron chi connectivity index (χ0n) is 11.6. The van der Waals surface area contributed by atoms with Gasteiger partial charge in [0, 0.05) is 30.7 Å². The molecule has 0 aliphatic carbocycles. The van der Waals surface area contributed by atoms with Gasteiger partial charge in [-0.1, -0.05) is 6.92 Å². The van der Waals surface area contributed by atoms with Crippen molar-refractivity contribution in [3.8, 4) is 6.07 Å². The number of halogens is 1. The number of rotatable bonds is 3. The monoisotopic (exact) mass is 321 g/mol. The van der Waals surface area contributed by atoms with E-state index < -0.39 is 0 Å². The van der Waals surface area contributed by atoms with Crippen LogP contribution in [0, 0.1) is 11.3 Å². The molecule has 4 heteroatoms. The van der Waals surface area contributed by atoms with Gasteiger partial charge in [-0.2, -0.15) is 5.26 Å². The van der Waals surface area contributed by atoms with E-state index in [4.69, 9.17) is 5.26 Å². The first-order valence-electron chi connectivity index (χ1n) is 6.80. The lowest BCUT2D eigenvalue weighted by atomic mass is 10.0. The van der Waals surface area contributed by atoms with Gasteiger partial charge in [-0.15, -0.1) is 0 Å². The summed E-state index contributed by atoms with van der Waals surface area (Å²) in [6, 6.07) is 8.58. The van der Waals surface area contributed by atoms with E-state index in [1.165, 1.54) is 31.6 Å². The summed E-state index contributed by atoms with van der Waals surface area (Å²) >= 11 is 3.58. The van der Waals surface area contributed by atoms with E-state index in [9.17, 15) is 0 Å². The topological polar surface area (TPSA) is 30.3 Å². The highest BCUT2D eigenvalue weighted by atomic mass is 79.9. The fourth-order valence-corrected chi connectivity index (χ4v) is 3.34. The van der Waals surface area contributed by atoms with Crippen LogP contribution in [-0.4, -0.2) is 37.6 Å². The maximum Gasteiger partial charge on any atom is 0.0992 e. The normalized spacial score (nSPS) is 17.2. The van der Waals surface area contributed by atoms with E-state index in [2.05, 4.69) is 45.8 Å². The minimum Gasteiger partial charge on any atom is -0.371 e. The number of hydrogen-bond donors (Lipinski definition) is 0. The maximum atomic E-state index is 8.91. The smallest absolute Gasteiger partial charge is 0.0992 e. The van der Waals surface area contributed by atoms with Gasteiger partial charge >= 0.3 is 0 Å². The molecular formula is C15H20BrN3. The standard InChI is InChI=1S/C15H20BrN3/c1-3-19-8-6-13(7-9-19)18(2)15-5-4-12(11-17)10-14(15)16/h4-5,10,13H,3,6-9H2,1-2H3. The van der Waals surface area contributed by atoms with Crippen molar-refractivity contribution in [1.29, 1.82) is 5.26 Å². The minimum absolute atomic E-state index is 0.590. The van der Waals surface area contributed by atoms with Crippen LogP contribution in [0.25, 0.3) is 0 Å². The predicted molar refractivity (Wildman–Crippen MR) is 82.4 cm³/mol. The van der Waals surface area contributed by atoms with E-state index >= 15 is 0 Å². The van der Waals surface area contributed by atoms with Crippen molar-refractivity contribution in [3.63, 3.8) is 0 Å². The molecule has 1 saturated heterocycles. The number of nitrogens with zero attached hydrogens (tertiary/aromatic N) is 3. The Bertz CT molecular complexity index is 473. The molecule has 1 heterocycles. The van der Waals surface area contributed by atoms with Crippen molar-refractivity contribution >= 4 is 21.6 Å². The van der Waals surface area contributed by atoms with Gasteiger partial charge in [0.05, 0.1) is 17.3 Å². The zero-order valence-corrected chi connectivity index (χ0v) is 13.2. The Balaban J connectivity index is 2.08. The molecule has 1 aromatic rings. The van der Waals surface area contributed by atoms with Crippen molar-refractivity contribution in [2.24, 2.45) is 0 Å². The van der Waals surface area contributed by atoms with Crippen molar-refractivity contribution in [1.82, 2.24) is 4.90 Å². The van der Waals surface area contributed by atoms with Crippen LogP contribution in [-0.2, 0) is 0 Å². The SMILES string of the molecule is CCN1CCC(N(C)c2ccc(C#N)cc2Br)CC1. The number of hydrogen-bond acceptors (Lipinski definition) is 3. The summed E-state index contributed by atoms with van der Waals surface area (Å²) < 4.78 is 1.01. The first-order chi connectivity index (χ1) is 9.15. The highest BCUT2D eigenvalue weighted by molar-refractivity contribution is 9.10. The molecule has 0 unspecified atom stereocenters. The molecule has 102 valence electrons. The van der Waals surface area contributed by atoms with Crippen LogP contribution in [0.3, 0.4) is 0 Å². The van der Waals surface area contributed by atoms with Crippen LogP contribution in [0.1, 0.15) is 25.3 Å². The Labute approximate surface area is 123 Å². The van der Waals surface area contributed by atoms with Crippen LogP contribution >= 0.6 is 15.9 Å². The van der Waals surface area contributed by atoms with Crippen molar-refractivity contribution in [2.75, 3.05) is 31.6 Å². The number of nitriles is 1. The molecule has 0 spiro atoms. The molecule has 0 N–H and O–H groups in total. The molecule has 0 saturated carbocycles. The van der Waals surface area contributed by atoms with Gasteiger partial charge in [-0.25, -0.2) is 0 Å². The van der Waals surface area contributed by atoms with Crippen LogP contribution in [0.4, 0.5) is 5.69 Å². The van der Waals surface area contributed by atoms with Gasteiger partial charge < -0.3 is 9.80 Å². The number of benzene rings is 1. The highest BCUT2D eigenvalue weighted by Crippen LogP contribution is 2.30. The predicted octanol–water partition coefficient (Wildman–Crippen LogP) is 3.24. The van der Waals surface area contributed by atoms with Gasteiger partial charge in [-0.3, -0.25) is 0 Å². The quantitative estimate of drug-likeness (QED) is 0.856. The molecule has 3 nitrogen and oxygen atoms in total. The van der Waals surface area contributed by atoms with Crippen molar-refractivity contribution in [2.45, 2.75) is 25.8 Å². The van der Waals surface area contributed by atoms with E-state index in [0.717, 1.165) is 11.0 Å². The lowest BCUT2D eigenvalue weighted by Gasteiger charge is -2.37. The Morgan fingerprint density at radius 3 is 2.63 bits per heavy atom. The Morgan fingerprint density at radius 1 is 1.42 bits per heavy atom. The van der Waals surface area contributed by atoms with Crippen LogP contribution in [0.5, 0.6) is 0 Å². The van der Waals surface area contributed by atoms with Gasteiger partial charge in [-0.05, 0) is 53.5 Å². The second-order valence-corrected chi connectivity index (χ2v) is 5.91. The lowest BCUT2D eigenvalue weighted by molar-refractivity contribution is 0.221. The molecule has 0 amide bonds. The number of anilines is 1. The lowest BCUT2D eigenvalue weighted by Crippen LogP contribution is -2.43. The molecule has 0 atom stereocenters. The highest BCUT2D eigenvalue weighted by Gasteiger charge is 2.22. The number of likely N-dealkylation sites (tertiary alicyclic amines) is 1. The fraction of sp³-hybridized carbons (Fsp3) is 0.533. The second-order valence-electron chi connectivity index (χ2n) is 5.05. The molecule has 0 bridgehead atoms. The molecule has 1 fully saturated rings. The fourth-order valence-electron chi connectivity index (χ4n) is 2.68. The van der Waals surface area contributed by atoms with E-state index in [1.54, 1.807) is 0 Å². The van der Waals surface area contributed by atoms with E-state index in [-0.39, 0.29) is 0 Å². The summed E-state index contributed by atoms with van der Waals surface area (Å²) in [6.45, 7) is 5.73. The molecule has 2 rings (SSSR count). The summed E-state index contributed by atoms with van der Waals surface area (Å²) in [4.78, 5) is 4.84. The first-order valence-corrected chi connectivity index (χ1v) is 7.59. The summed E-state index contributed by atoms with van der Waals surface area (Å²) in [5.41, 5.74) is 1.87. The Hall–Kier alpha value is -1.05. The molecule has 1 aromatic carbocycles. The van der Waals surface area contributed by atoms with Gasteiger partial charge in [0.1, 0.15) is 0 Å². The molecule has 0 aromatic heterocycles. The molecule has 1 aliphatic heterocycles. The molecule has 19 heavy (non-hydrogen) atoms. The molecule has 0 radical (unpaired) electrons. The summed E-state index contributed by atoms with van der Waals surface area (Å²) in [5, 5.41) is 8.91. The molecular weight excluding hydrogens is 302 g/mol. The third kappa shape index (κ3) is 3.29. The third-order valence-electron chi connectivity index (χ3n) is 4.01. The molecule has 1 aliphatic rings. The van der Waals surface area contributed by atoms with Gasteiger partial charge in [0.2, 0.25) is 0 Å². The average Bonchev–Trinajstić information content (AvgIpc) is 2.46. The minimum atomic E-state index is 0.590. The van der Waals surface area contributed by atoms with Crippen LogP contribution < -0.4 is 4.90 Å². The summed E-state index contributed by atoms with van der Waals surface area (Å²) in [6.07, 6.45) is 2.41. The van der Waals surface area contributed by atoms with Gasteiger partial charge in [0.25, 0.3) is 0 Å². The Morgan fingerprint density at radius 2 is 2.11 bits per heavy atom. The maximum absolute atomic E-state index is 8.91. The number of piperidine rings is 1. The third-order valence-corrected chi connectivity index (χ3v) is 4.64. The second kappa shape index (κ2) is 6.40. The summed E-state index contributed by atoms with van der Waals surface area (Å²) in [5.74, 6) is 0. The van der Waals surface area contributed by atoms with Crippen molar-refractivity contribution < 1.29 is 0 Å². The zero-order chi connectivity index (χ0) is 13.8. The van der Waals surface area contributed by atoms with Gasteiger partial charge in [0.15, 0.2) is 0 Å².